The van der Waals surface area contributed by atoms with Crippen molar-refractivity contribution in [1.29, 1.82) is 0 Å². The molecule has 3 saturated heterocycles. The number of fused-ring (bicyclic) bond motifs is 1. The molecule has 0 aromatic carbocycles. The molecule has 0 saturated carbocycles. The van der Waals surface area contributed by atoms with Crippen molar-refractivity contribution in [2.45, 2.75) is 64.5 Å². The van der Waals surface area contributed by atoms with E-state index in [2.05, 4.69) is 0 Å². The van der Waals surface area contributed by atoms with Crippen molar-refractivity contribution in [3.05, 3.63) is 0 Å². The molecule has 6 nitrogen and oxygen atoms in total. The van der Waals surface area contributed by atoms with Gasteiger partial charge in [0.1, 0.15) is 6.04 Å². The second kappa shape index (κ2) is 6.49. The van der Waals surface area contributed by atoms with E-state index in [-0.39, 0.29) is 35.8 Å². The molecule has 3 fully saturated rings. The molecule has 3 aliphatic heterocycles. The van der Waals surface area contributed by atoms with Crippen LogP contribution in [0, 0.1) is 5.92 Å². The molecule has 0 bridgehead atoms. The quantitative estimate of drug-likeness (QED) is 0.742. The third-order valence-electron chi connectivity index (χ3n) is 5.70. The number of carbonyl (C=O) groups excluding carboxylic acids is 3. The van der Waals surface area contributed by atoms with E-state index in [0.717, 1.165) is 25.7 Å². The lowest BCUT2D eigenvalue weighted by Crippen LogP contribution is -2.50. The maximum atomic E-state index is 12.5. The van der Waals surface area contributed by atoms with Gasteiger partial charge in [-0.15, -0.1) is 0 Å². The molecule has 1 atom stereocenters. The van der Waals surface area contributed by atoms with Crippen molar-refractivity contribution in [3.63, 3.8) is 0 Å². The van der Waals surface area contributed by atoms with E-state index in [1.54, 1.807) is 4.90 Å². The summed E-state index contributed by atoms with van der Waals surface area (Å²) in [7, 11) is 0. The maximum Gasteiger partial charge on any atom is 0.327 e. The smallest absolute Gasteiger partial charge is 0.327 e. The number of nitrogens with zero attached hydrogens (tertiary/aromatic N) is 3. The Hall–Kier alpha value is -1.59. The molecular weight excluding hydrogens is 294 g/mol. The average Bonchev–Trinajstić information content (AvgIpc) is 3.13. The van der Waals surface area contributed by atoms with Crippen LogP contribution in [0.5, 0.6) is 0 Å². The molecule has 128 valence electrons. The lowest BCUT2D eigenvalue weighted by Gasteiger charge is -2.37. The van der Waals surface area contributed by atoms with Gasteiger partial charge < -0.3 is 9.80 Å². The Balaban J connectivity index is 1.60. The number of amides is 4. The summed E-state index contributed by atoms with van der Waals surface area (Å²) >= 11 is 0. The fourth-order valence-electron chi connectivity index (χ4n) is 4.22. The van der Waals surface area contributed by atoms with E-state index in [0.29, 0.717) is 32.5 Å². The molecule has 3 heterocycles. The molecule has 1 unspecified atom stereocenters. The normalized spacial score (nSPS) is 25.7. The summed E-state index contributed by atoms with van der Waals surface area (Å²) in [6.45, 7) is 6.11. The number of urea groups is 1. The first-order valence-electron chi connectivity index (χ1n) is 9.00. The van der Waals surface area contributed by atoms with Crippen LogP contribution in [0.2, 0.25) is 0 Å². The summed E-state index contributed by atoms with van der Waals surface area (Å²) in [6.07, 6.45) is 4.89. The van der Waals surface area contributed by atoms with E-state index in [1.807, 2.05) is 18.7 Å². The van der Waals surface area contributed by atoms with Gasteiger partial charge in [0.25, 0.3) is 5.91 Å². The monoisotopic (exact) mass is 321 g/mol. The first-order valence-corrected chi connectivity index (χ1v) is 9.00. The Morgan fingerprint density at radius 2 is 1.74 bits per heavy atom. The van der Waals surface area contributed by atoms with E-state index in [9.17, 15) is 14.4 Å². The number of imide groups is 1. The second-order valence-electron chi connectivity index (χ2n) is 6.91. The van der Waals surface area contributed by atoms with Gasteiger partial charge in [-0.25, -0.2) is 4.79 Å². The zero-order chi connectivity index (χ0) is 16.6. The summed E-state index contributed by atoms with van der Waals surface area (Å²) < 4.78 is 0. The third kappa shape index (κ3) is 2.72. The minimum atomic E-state index is -0.216. The van der Waals surface area contributed by atoms with Crippen molar-refractivity contribution in [3.8, 4) is 0 Å². The molecule has 0 aromatic rings. The van der Waals surface area contributed by atoms with Crippen molar-refractivity contribution < 1.29 is 14.4 Å². The molecule has 4 amide bonds. The van der Waals surface area contributed by atoms with Crippen molar-refractivity contribution in [2.75, 3.05) is 19.6 Å². The first kappa shape index (κ1) is 16.3. The predicted octanol–water partition coefficient (Wildman–Crippen LogP) is 1.84. The Kier molecular flexibility index (Phi) is 4.60. The zero-order valence-electron chi connectivity index (χ0n) is 14.2. The number of rotatable bonds is 4. The number of likely N-dealkylation sites (tertiary alicyclic amines) is 1. The first-order chi connectivity index (χ1) is 11.1. The number of hydrogen-bond donors (Lipinski definition) is 0. The molecule has 0 spiro atoms. The SMILES string of the molecule is CCC(CC)C(=O)N1CCC(N2C(=O)C3CCCN3C2=O)CC1. The van der Waals surface area contributed by atoms with Crippen molar-refractivity contribution in [2.24, 2.45) is 5.92 Å². The molecule has 3 rings (SSSR count). The summed E-state index contributed by atoms with van der Waals surface area (Å²) in [5, 5.41) is 0. The van der Waals surface area contributed by atoms with E-state index in [1.165, 1.54) is 4.90 Å². The molecule has 3 aliphatic rings. The van der Waals surface area contributed by atoms with Gasteiger partial charge in [-0.3, -0.25) is 14.5 Å². The number of piperidine rings is 1. The second-order valence-corrected chi connectivity index (χ2v) is 6.91. The summed E-state index contributed by atoms with van der Waals surface area (Å²) in [5.41, 5.74) is 0. The molecule has 0 aliphatic carbocycles. The highest BCUT2D eigenvalue weighted by molar-refractivity contribution is 6.04. The summed E-state index contributed by atoms with van der Waals surface area (Å²) in [4.78, 5) is 42.5. The standard InChI is InChI=1S/C17H27N3O3/c1-3-12(4-2)15(21)18-10-7-13(8-11-18)20-16(22)14-6-5-9-19(14)17(20)23/h12-14H,3-11H2,1-2H3. The number of carbonyl (C=O) groups is 3. The lowest BCUT2D eigenvalue weighted by molar-refractivity contribution is -0.137. The van der Waals surface area contributed by atoms with Gasteiger partial charge in [-0.1, -0.05) is 13.8 Å². The minimum absolute atomic E-state index is 0.0164. The van der Waals surface area contributed by atoms with Crippen LogP contribution in [-0.2, 0) is 9.59 Å². The molecule has 6 heteroatoms. The highest BCUT2D eigenvalue weighted by Crippen LogP contribution is 2.31. The van der Waals surface area contributed by atoms with E-state index >= 15 is 0 Å². The maximum absolute atomic E-state index is 12.5. The highest BCUT2D eigenvalue weighted by Gasteiger charge is 2.50. The largest absolute Gasteiger partial charge is 0.342 e. The lowest BCUT2D eigenvalue weighted by atomic mass is 9.98. The number of hydrogen-bond acceptors (Lipinski definition) is 3. The predicted molar refractivity (Wildman–Crippen MR) is 85.6 cm³/mol. The third-order valence-corrected chi connectivity index (χ3v) is 5.70. The van der Waals surface area contributed by atoms with Crippen LogP contribution in [0.3, 0.4) is 0 Å². The van der Waals surface area contributed by atoms with Gasteiger partial charge in [0.05, 0.1) is 0 Å². The zero-order valence-corrected chi connectivity index (χ0v) is 14.2. The Bertz CT molecular complexity index is 473. The van der Waals surface area contributed by atoms with Gasteiger partial charge >= 0.3 is 6.03 Å². The van der Waals surface area contributed by atoms with E-state index < -0.39 is 0 Å². The Morgan fingerprint density at radius 3 is 2.30 bits per heavy atom. The molecule has 0 aromatic heterocycles. The van der Waals surface area contributed by atoms with Gasteiger partial charge in [0, 0.05) is 31.6 Å². The topological polar surface area (TPSA) is 60.9 Å². The van der Waals surface area contributed by atoms with Crippen molar-refractivity contribution >= 4 is 17.8 Å². The van der Waals surface area contributed by atoms with Crippen molar-refractivity contribution in [1.82, 2.24) is 14.7 Å². The fraction of sp³-hybridized carbons (Fsp3) is 0.824. The van der Waals surface area contributed by atoms with Crippen LogP contribution >= 0.6 is 0 Å². The van der Waals surface area contributed by atoms with Crippen LogP contribution in [0.1, 0.15) is 52.4 Å². The van der Waals surface area contributed by atoms with Gasteiger partial charge in [-0.2, -0.15) is 0 Å². The van der Waals surface area contributed by atoms with Crippen LogP contribution < -0.4 is 0 Å². The minimum Gasteiger partial charge on any atom is -0.342 e. The van der Waals surface area contributed by atoms with Gasteiger partial charge in [0.15, 0.2) is 0 Å². The van der Waals surface area contributed by atoms with Crippen LogP contribution in [0.25, 0.3) is 0 Å². The summed E-state index contributed by atoms with van der Waals surface area (Å²) in [5.74, 6) is 0.317. The van der Waals surface area contributed by atoms with Crippen LogP contribution in [0.15, 0.2) is 0 Å². The molecular formula is C17H27N3O3. The van der Waals surface area contributed by atoms with Crippen LogP contribution in [0.4, 0.5) is 4.79 Å². The Morgan fingerprint density at radius 1 is 1.09 bits per heavy atom. The van der Waals surface area contributed by atoms with Crippen LogP contribution in [-0.4, -0.2) is 64.3 Å². The van der Waals surface area contributed by atoms with E-state index in [4.69, 9.17) is 0 Å². The van der Waals surface area contributed by atoms with Gasteiger partial charge in [-0.05, 0) is 38.5 Å². The molecule has 23 heavy (non-hydrogen) atoms. The molecule has 0 N–H and O–H groups in total. The average molecular weight is 321 g/mol. The highest BCUT2D eigenvalue weighted by atomic mass is 16.2. The van der Waals surface area contributed by atoms with Gasteiger partial charge in [0.2, 0.25) is 5.91 Å². The Labute approximate surface area is 137 Å². The molecule has 0 radical (unpaired) electrons. The fourth-order valence-corrected chi connectivity index (χ4v) is 4.22. The summed E-state index contributed by atoms with van der Waals surface area (Å²) in [6, 6.07) is -0.361.